The van der Waals surface area contributed by atoms with E-state index in [0.29, 0.717) is 5.57 Å². The van der Waals surface area contributed by atoms with Gasteiger partial charge in [-0.3, -0.25) is 19.5 Å². The molecule has 16 heteroatoms. The highest BCUT2D eigenvalue weighted by Gasteiger charge is 2.53. The molecule has 2 amide bonds. The molecule has 2 aliphatic heterocycles. The maximum absolute atomic E-state index is 12.9. The third-order valence-electron chi connectivity index (χ3n) is 4.91. The Kier molecular flexibility index (Phi) is 6.92. The summed E-state index contributed by atoms with van der Waals surface area (Å²) in [4.78, 5) is 62.0. The van der Waals surface area contributed by atoms with Gasteiger partial charge in [-0.1, -0.05) is 5.16 Å². The average Bonchev–Trinajstić information content (AvgIpc) is 3.25. The fourth-order valence-electron chi connectivity index (χ4n) is 3.43. The summed E-state index contributed by atoms with van der Waals surface area (Å²) < 4.78 is 1.72. The average molecular weight is 520 g/mol. The largest absolute Gasteiger partial charge is 0.543 e. The number of fused-ring (bicyclic) bond motifs is 1. The van der Waals surface area contributed by atoms with E-state index in [9.17, 15) is 24.3 Å². The molecule has 0 spiro atoms. The normalized spacial score (nSPS) is 19.6. The minimum absolute atomic E-state index is 0.0299. The van der Waals surface area contributed by atoms with Gasteiger partial charge in [-0.2, -0.15) is 4.57 Å². The molecule has 35 heavy (non-hydrogen) atoms. The number of β-lactam (4-membered cyclic amide) rings is 1. The molecule has 0 bridgehead atoms. The SMILES string of the molecule is Nc1nc(/C(=N\OCC(=O)O)C(=O)NC2C(=O)N3C(C(=O)[O-])=C(C[n+]4ccncc4)CS[C@H]23)cs1. The van der Waals surface area contributed by atoms with Gasteiger partial charge < -0.3 is 30.9 Å². The van der Waals surface area contributed by atoms with Crippen LogP contribution in [-0.2, 0) is 30.6 Å². The Hall–Kier alpha value is -4.05. The van der Waals surface area contributed by atoms with Gasteiger partial charge in [-0.15, -0.1) is 23.1 Å². The summed E-state index contributed by atoms with van der Waals surface area (Å²) >= 11 is 2.30. The van der Waals surface area contributed by atoms with Crippen molar-refractivity contribution in [3.05, 3.63) is 47.1 Å². The first-order chi connectivity index (χ1) is 16.8. The van der Waals surface area contributed by atoms with E-state index in [1.807, 2.05) is 0 Å². The smallest absolute Gasteiger partial charge is 0.344 e. The van der Waals surface area contributed by atoms with Gasteiger partial charge in [0.05, 0.1) is 24.1 Å². The zero-order valence-electron chi connectivity index (χ0n) is 17.7. The van der Waals surface area contributed by atoms with Crippen molar-refractivity contribution in [2.24, 2.45) is 5.16 Å². The Bertz CT molecular complexity index is 1250. The van der Waals surface area contributed by atoms with E-state index in [-0.39, 0.29) is 34.5 Å². The van der Waals surface area contributed by atoms with E-state index in [0.717, 1.165) is 16.2 Å². The number of amides is 2. The lowest BCUT2D eigenvalue weighted by Crippen LogP contribution is -2.71. The number of hydrogen-bond acceptors (Lipinski definition) is 12. The molecule has 1 saturated heterocycles. The third-order valence-corrected chi connectivity index (χ3v) is 6.93. The molecule has 0 radical (unpaired) electrons. The molecule has 0 aliphatic carbocycles. The zero-order valence-corrected chi connectivity index (χ0v) is 19.3. The molecule has 2 atom stereocenters. The summed E-state index contributed by atoms with van der Waals surface area (Å²) in [7, 11) is 0. The number of aliphatic carboxylic acids is 2. The van der Waals surface area contributed by atoms with Crippen LogP contribution in [0.15, 0.2) is 46.6 Å². The number of carboxylic acid groups (broad SMARTS) is 2. The molecule has 1 fully saturated rings. The van der Waals surface area contributed by atoms with Crippen LogP contribution in [0.3, 0.4) is 0 Å². The van der Waals surface area contributed by atoms with E-state index >= 15 is 0 Å². The number of oxime groups is 1. The number of hydrogen-bond donors (Lipinski definition) is 3. The van der Waals surface area contributed by atoms with E-state index in [1.54, 1.807) is 29.4 Å². The topological polar surface area (TPSA) is 204 Å². The Morgan fingerprint density at radius 2 is 2.11 bits per heavy atom. The van der Waals surface area contributed by atoms with E-state index < -0.39 is 41.8 Å². The molecule has 1 unspecified atom stereocenters. The van der Waals surface area contributed by atoms with Crippen molar-refractivity contribution >= 4 is 57.7 Å². The number of carbonyl (C=O) groups excluding carboxylic acids is 3. The summed E-state index contributed by atoms with van der Waals surface area (Å²) in [6, 6.07) is -1.06. The Labute approximate surface area is 205 Å². The van der Waals surface area contributed by atoms with Crippen molar-refractivity contribution in [3.63, 3.8) is 0 Å². The first kappa shape index (κ1) is 24.1. The second-order valence-electron chi connectivity index (χ2n) is 7.20. The lowest BCUT2D eigenvalue weighted by molar-refractivity contribution is -0.689. The Morgan fingerprint density at radius 3 is 2.74 bits per heavy atom. The van der Waals surface area contributed by atoms with Gasteiger partial charge in [0, 0.05) is 16.7 Å². The summed E-state index contributed by atoms with van der Waals surface area (Å²) in [5.74, 6) is -4.03. The predicted molar refractivity (Wildman–Crippen MR) is 118 cm³/mol. The van der Waals surface area contributed by atoms with Gasteiger partial charge in [0.2, 0.25) is 6.61 Å². The molecular formula is C19H17N7O7S2. The number of anilines is 1. The number of thiazole rings is 1. The van der Waals surface area contributed by atoms with Crippen molar-refractivity contribution in [2.75, 3.05) is 18.1 Å². The molecule has 0 aromatic carbocycles. The van der Waals surface area contributed by atoms with Crippen LogP contribution in [0, 0.1) is 0 Å². The molecule has 14 nitrogen and oxygen atoms in total. The molecule has 4 rings (SSSR count). The summed E-state index contributed by atoms with van der Waals surface area (Å²) in [6.07, 6.45) is 6.42. The maximum atomic E-state index is 12.9. The molecule has 4 heterocycles. The van der Waals surface area contributed by atoms with Gasteiger partial charge in [0.15, 0.2) is 29.8 Å². The number of nitrogens with two attached hydrogens (primary N) is 1. The number of nitrogen functional groups attached to an aromatic ring is 1. The van der Waals surface area contributed by atoms with Crippen LogP contribution < -0.4 is 20.7 Å². The van der Waals surface area contributed by atoms with Crippen LogP contribution in [0.4, 0.5) is 5.13 Å². The van der Waals surface area contributed by atoms with Crippen molar-refractivity contribution < 1.29 is 38.8 Å². The second-order valence-corrected chi connectivity index (χ2v) is 9.19. The van der Waals surface area contributed by atoms with Crippen LogP contribution in [0.25, 0.3) is 0 Å². The van der Waals surface area contributed by atoms with Crippen molar-refractivity contribution in [3.8, 4) is 0 Å². The highest BCUT2D eigenvalue weighted by atomic mass is 32.2. The van der Waals surface area contributed by atoms with Crippen LogP contribution in [-0.4, -0.2) is 73.2 Å². The molecule has 4 N–H and O–H groups in total. The number of carboxylic acids is 2. The van der Waals surface area contributed by atoms with Crippen molar-refractivity contribution in [2.45, 2.75) is 18.0 Å². The predicted octanol–water partition coefficient (Wildman–Crippen LogP) is -2.68. The van der Waals surface area contributed by atoms with Crippen molar-refractivity contribution in [1.29, 1.82) is 0 Å². The first-order valence-electron chi connectivity index (χ1n) is 9.87. The van der Waals surface area contributed by atoms with E-state index in [2.05, 4.69) is 25.3 Å². The molecule has 182 valence electrons. The fraction of sp³-hybridized carbons (Fsp3) is 0.263. The van der Waals surface area contributed by atoms with Crippen LogP contribution in [0.1, 0.15) is 5.69 Å². The van der Waals surface area contributed by atoms with E-state index in [1.165, 1.54) is 17.1 Å². The minimum Gasteiger partial charge on any atom is -0.543 e. The Balaban J connectivity index is 1.52. The number of thioether (sulfide) groups is 1. The molecule has 2 aromatic heterocycles. The lowest BCUT2D eigenvalue weighted by Gasteiger charge is -2.50. The van der Waals surface area contributed by atoms with Gasteiger partial charge in [-0.05, 0) is 0 Å². The molecule has 2 aliphatic rings. The Morgan fingerprint density at radius 1 is 1.37 bits per heavy atom. The van der Waals surface area contributed by atoms with Crippen LogP contribution in [0.5, 0.6) is 0 Å². The van der Waals surface area contributed by atoms with Gasteiger partial charge in [-0.25, -0.2) is 9.78 Å². The van der Waals surface area contributed by atoms with Crippen LogP contribution in [0.2, 0.25) is 0 Å². The lowest BCUT2D eigenvalue weighted by atomic mass is 10.0. The minimum atomic E-state index is -1.50. The van der Waals surface area contributed by atoms with Crippen molar-refractivity contribution in [1.82, 2.24) is 20.2 Å². The standard InChI is InChI=1S/C19H17N7O7S2/c20-19-22-10(8-35-19)12(24-33-6-11(27)28)15(29)23-13-16(30)26-14(18(31)32)9(7-34-17(13)26)5-25-3-1-21-2-4-25/h1-4,8,13,17H,5-7H2,(H4-,20,22,23,27,28,29,31,32)/b24-12+/t13?,17-/m1/s1. The zero-order chi connectivity index (χ0) is 25.1. The van der Waals surface area contributed by atoms with Gasteiger partial charge >= 0.3 is 5.97 Å². The molecule has 2 aromatic rings. The fourth-order valence-corrected chi connectivity index (χ4v) is 5.31. The summed E-state index contributed by atoms with van der Waals surface area (Å²) in [5.41, 5.74) is 5.49. The first-order valence-corrected chi connectivity index (χ1v) is 11.8. The number of rotatable bonds is 9. The van der Waals surface area contributed by atoms with Gasteiger partial charge in [0.1, 0.15) is 17.1 Å². The monoisotopic (exact) mass is 519 g/mol. The van der Waals surface area contributed by atoms with Gasteiger partial charge in [0.25, 0.3) is 11.8 Å². The van der Waals surface area contributed by atoms with Crippen LogP contribution >= 0.6 is 23.1 Å². The highest BCUT2D eigenvalue weighted by Crippen LogP contribution is 2.40. The van der Waals surface area contributed by atoms with E-state index in [4.69, 9.17) is 10.8 Å². The number of carbonyl (C=O) groups is 4. The maximum Gasteiger partial charge on any atom is 0.344 e. The highest BCUT2D eigenvalue weighted by molar-refractivity contribution is 8.00. The molecular weight excluding hydrogens is 502 g/mol. The summed E-state index contributed by atoms with van der Waals surface area (Å²) in [5, 5.41) is 27.6. The second kappa shape index (κ2) is 10.1. The number of aromatic nitrogens is 3. The third kappa shape index (κ3) is 5.07. The number of nitrogens with zero attached hydrogens (tertiary/aromatic N) is 5. The number of nitrogens with one attached hydrogen (secondary N) is 1. The molecule has 0 saturated carbocycles. The summed E-state index contributed by atoms with van der Waals surface area (Å²) in [6.45, 7) is -0.585. The quantitative estimate of drug-likeness (QED) is 0.135.